The van der Waals surface area contributed by atoms with Gasteiger partial charge < -0.3 is 5.32 Å². The van der Waals surface area contributed by atoms with Gasteiger partial charge in [0.25, 0.3) is 0 Å². The lowest BCUT2D eigenvalue weighted by molar-refractivity contribution is 0.630. The molecule has 2 rings (SSSR count). The highest BCUT2D eigenvalue weighted by molar-refractivity contribution is 5.46. The minimum Gasteiger partial charge on any atom is -0.379 e. The number of anilines is 1. The molecular weight excluding hydrogens is 225 g/mol. The molecule has 0 saturated heterocycles. The number of aryl methyl sites for hydroxylation is 3. The summed E-state index contributed by atoms with van der Waals surface area (Å²) in [6.07, 6.45) is 0. The van der Waals surface area contributed by atoms with E-state index in [4.69, 9.17) is 0 Å². The van der Waals surface area contributed by atoms with Gasteiger partial charge in [0.05, 0.1) is 5.69 Å². The first kappa shape index (κ1) is 12.6. The number of rotatable bonds is 3. The second-order valence-electron chi connectivity index (χ2n) is 4.70. The minimum absolute atomic E-state index is 0.209. The first-order valence-corrected chi connectivity index (χ1v) is 6.13. The van der Waals surface area contributed by atoms with E-state index in [1.165, 1.54) is 28.3 Å². The number of benzene rings is 2. The monoisotopic (exact) mass is 243 g/mol. The predicted octanol–water partition coefficient (Wildman–Crippen LogP) is 4.36. The van der Waals surface area contributed by atoms with Crippen LogP contribution in [0.1, 0.15) is 22.3 Å². The highest BCUT2D eigenvalue weighted by Crippen LogP contribution is 2.18. The molecule has 0 bridgehead atoms. The van der Waals surface area contributed by atoms with Crippen LogP contribution in [0.3, 0.4) is 0 Å². The van der Waals surface area contributed by atoms with Crippen LogP contribution in [0, 0.1) is 26.6 Å². The van der Waals surface area contributed by atoms with Gasteiger partial charge >= 0.3 is 0 Å². The van der Waals surface area contributed by atoms with E-state index in [0.29, 0.717) is 12.2 Å². The Labute approximate surface area is 108 Å². The predicted molar refractivity (Wildman–Crippen MR) is 74.4 cm³/mol. The second kappa shape index (κ2) is 5.21. The van der Waals surface area contributed by atoms with E-state index in [2.05, 4.69) is 38.2 Å². The van der Waals surface area contributed by atoms with Crippen molar-refractivity contribution in [3.8, 4) is 0 Å². The molecule has 1 N–H and O–H groups in total. The fourth-order valence-corrected chi connectivity index (χ4v) is 2.01. The van der Waals surface area contributed by atoms with E-state index < -0.39 is 0 Å². The van der Waals surface area contributed by atoms with E-state index in [1.54, 1.807) is 12.1 Å². The molecule has 2 aromatic rings. The molecule has 94 valence electrons. The van der Waals surface area contributed by atoms with Crippen LogP contribution in [0.5, 0.6) is 0 Å². The first-order chi connectivity index (χ1) is 8.58. The van der Waals surface area contributed by atoms with Crippen LogP contribution >= 0.6 is 0 Å². The van der Waals surface area contributed by atoms with Crippen molar-refractivity contribution in [3.05, 3.63) is 64.5 Å². The van der Waals surface area contributed by atoms with Gasteiger partial charge in [0, 0.05) is 6.54 Å². The summed E-state index contributed by atoms with van der Waals surface area (Å²) < 4.78 is 13.5. The van der Waals surface area contributed by atoms with Gasteiger partial charge in [0.15, 0.2) is 0 Å². The molecule has 0 spiro atoms. The number of halogens is 1. The number of nitrogens with one attached hydrogen (secondary N) is 1. The average Bonchev–Trinajstić information content (AvgIpc) is 2.34. The summed E-state index contributed by atoms with van der Waals surface area (Å²) in [6.45, 7) is 6.94. The summed E-state index contributed by atoms with van der Waals surface area (Å²) in [5.74, 6) is -0.209. The van der Waals surface area contributed by atoms with Crippen LogP contribution < -0.4 is 5.32 Å². The normalized spacial score (nSPS) is 10.4. The van der Waals surface area contributed by atoms with E-state index in [9.17, 15) is 4.39 Å². The van der Waals surface area contributed by atoms with Crippen molar-refractivity contribution in [1.29, 1.82) is 0 Å². The van der Waals surface area contributed by atoms with E-state index >= 15 is 0 Å². The molecular formula is C16H18FN. The standard InChI is InChI=1S/C16H18FN/c1-11-8-13(3)14(9-12(11)2)10-18-16-7-5-4-6-15(16)17/h4-9,18H,10H2,1-3H3. The van der Waals surface area contributed by atoms with E-state index in [0.717, 1.165) is 0 Å². The maximum Gasteiger partial charge on any atom is 0.146 e. The molecule has 0 aliphatic rings. The number of hydrogen-bond acceptors (Lipinski definition) is 1. The van der Waals surface area contributed by atoms with Crippen molar-refractivity contribution in [2.75, 3.05) is 5.32 Å². The molecule has 0 atom stereocenters. The van der Waals surface area contributed by atoms with E-state index in [-0.39, 0.29) is 5.82 Å². The molecule has 0 fully saturated rings. The van der Waals surface area contributed by atoms with Crippen LogP contribution in [0.4, 0.5) is 10.1 Å². The van der Waals surface area contributed by atoms with Crippen molar-refractivity contribution < 1.29 is 4.39 Å². The Morgan fingerprint density at radius 2 is 1.61 bits per heavy atom. The summed E-state index contributed by atoms with van der Waals surface area (Å²) in [7, 11) is 0. The SMILES string of the molecule is Cc1cc(C)c(CNc2ccccc2F)cc1C. The van der Waals surface area contributed by atoms with Crippen LogP contribution in [-0.4, -0.2) is 0 Å². The summed E-state index contributed by atoms with van der Waals surface area (Å²) in [6, 6.07) is 11.1. The summed E-state index contributed by atoms with van der Waals surface area (Å²) in [5, 5.41) is 3.14. The summed E-state index contributed by atoms with van der Waals surface area (Å²) >= 11 is 0. The third kappa shape index (κ3) is 2.70. The Morgan fingerprint density at radius 1 is 0.944 bits per heavy atom. The van der Waals surface area contributed by atoms with Gasteiger partial charge in [-0.1, -0.05) is 24.3 Å². The van der Waals surface area contributed by atoms with E-state index in [1.807, 2.05) is 6.07 Å². The summed E-state index contributed by atoms with van der Waals surface area (Å²) in [5.41, 5.74) is 5.56. The van der Waals surface area contributed by atoms with Crippen LogP contribution in [-0.2, 0) is 6.54 Å². The lowest BCUT2D eigenvalue weighted by Gasteiger charge is -2.12. The smallest absolute Gasteiger partial charge is 0.146 e. The number of para-hydroxylation sites is 1. The third-order valence-corrected chi connectivity index (χ3v) is 3.30. The molecule has 0 aliphatic carbocycles. The molecule has 0 saturated carbocycles. The quantitative estimate of drug-likeness (QED) is 0.844. The summed E-state index contributed by atoms with van der Waals surface area (Å²) in [4.78, 5) is 0. The Morgan fingerprint density at radius 3 is 2.33 bits per heavy atom. The third-order valence-electron chi connectivity index (χ3n) is 3.30. The zero-order valence-corrected chi connectivity index (χ0v) is 11.0. The Bertz CT molecular complexity index is 561. The van der Waals surface area contributed by atoms with Gasteiger partial charge in [-0.25, -0.2) is 4.39 Å². The highest BCUT2D eigenvalue weighted by Gasteiger charge is 2.04. The molecule has 2 aromatic carbocycles. The molecule has 0 amide bonds. The van der Waals surface area contributed by atoms with Gasteiger partial charge in [-0.15, -0.1) is 0 Å². The molecule has 2 heteroatoms. The highest BCUT2D eigenvalue weighted by atomic mass is 19.1. The van der Waals surface area contributed by atoms with Gasteiger partial charge in [-0.3, -0.25) is 0 Å². The van der Waals surface area contributed by atoms with Crippen LogP contribution in [0.15, 0.2) is 36.4 Å². The molecule has 0 aliphatic heterocycles. The van der Waals surface area contributed by atoms with Crippen molar-refractivity contribution in [2.45, 2.75) is 27.3 Å². The fourth-order valence-electron chi connectivity index (χ4n) is 2.01. The maximum absolute atomic E-state index is 13.5. The van der Waals surface area contributed by atoms with Crippen molar-refractivity contribution >= 4 is 5.69 Å². The van der Waals surface area contributed by atoms with Gasteiger partial charge in [0.2, 0.25) is 0 Å². The van der Waals surface area contributed by atoms with Crippen LogP contribution in [0.25, 0.3) is 0 Å². The number of hydrogen-bond donors (Lipinski definition) is 1. The lowest BCUT2D eigenvalue weighted by atomic mass is 10.0. The topological polar surface area (TPSA) is 12.0 Å². The zero-order chi connectivity index (χ0) is 13.1. The van der Waals surface area contributed by atoms with Gasteiger partial charge in [-0.05, 0) is 55.2 Å². The minimum atomic E-state index is -0.209. The first-order valence-electron chi connectivity index (χ1n) is 6.13. The Kier molecular flexibility index (Phi) is 3.66. The average molecular weight is 243 g/mol. The maximum atomic E-state index is 13.5. The molecule has 1 nitrogen and oxygen atoms in total. The lowest BCUT2D eigenvalue weighted by Crippen LogP contribution is -2.03. The molecule has 18 heavy (non-hydrogen) atoms. The Balaban J connectivity index is 2.16. The van der Waals surface area contributed by atoms with Crippen molar-refractivity contribution in [1.82, 2.24) is 0 Å². The fraction of sp³-hybridized carbons (Fsp3) is 0.250. The largest absolute Gasteiger partial charge is 0.379 e. The van der Waals surface area contributed by atoms with Crippen LogP contribution in [0.2, 0.25) is 0 Å². The second-order valence-corrected chi connectivity index (χ2v) is 4.70. The molecule has 0 heterocycles. The molecule has 0 radical (unpaired) electrons. The zero-order valence-electron chi connectivity index (χ0n) is 11.0. The van der Waals surface area contributed by atoms with Crippen molar-refractivity contribution in [3.63, 3.8) is 0 Å². The van der Waals surface area contributed by atoms with Gasteiger partial charge in [0.1, 0.15) is 5.82 Å². The Hall–Kier alpha value is -1.83. The van der Waals surface area contributed by atoms with Crippen molar-refractivity contribution in [2.24, 2.45) is 0 Å². The molecule has 0 unspecified atom stereocenters. The van der Waals surface area contributed by atoms with Gasteiger partial charge in [-0.2, -0.15) is 0 Å². The molecule has 0 aromatic heterocycles.